The molecule has 1 aliphatic rings. The summed E-state index contributed by atoms with van der Waals surface area (Å²) in [4.78, 5) is 2.53. The van der Waals surface area contributed by atoms with E-state index < -0.39 is 10.0 Å². The second-order valence-corrected chi connectivity index (χ2v) is 7.18. The average molecular weight is 297 g/mol. The lowest BCUT2D eigenvalue weighted by atomic mass is 10.1. The zero-order valence-corrected chi connectivity index (χ0v) is 13.1. The van der Waals surface area contributed by atoms with Gasteiger partial charge in [-0.25, -0.2) is 13.1 Å². The molecule has 0 amide bonds. The fourth-order valence-corrected chi connectivity index (χ4v) is 4.12. The molecule has 1 aromatic carbocycles. The van der Waals surface area contributed by atoms with Crippen molar-refractivity contribution < 1.29 is 8.42 Å². The highest BCUT2D eigenvalue weighted by Gasteiger charge is 2.26. The number of hydrogen-bond acceptors (Lipinski definition) is 4. The van der Waals surface area contributed by atoms with E-state index in [-0.39, 0.29) is 6.04 Å². The van der Waals surface area contributed by atoms with E-state index in [1.54, 1.807) is 6.07 Å². The Morgan fingerprint density at radius 2 is 2.15 bits per heavy atom. The van der Waals surface area contributed by atoms with Crippen LogP contribution in [0.25, 0.3) is 0 Å². The van der Waals surface area contributed by atoms with Crippen LogP contribution in [0.15, 0.2) is 23.1 Å². The number of likely N-dealkylation sites (N-methyl/N-ethyl adjacent to an activating group) is 1. The molecule has 1 atom stereocenters. The predicted octanol–water partition coefficient (Wildman–Crippen LogP) is 0.697. The van der Waals surface area contributed by atoms with Gasteiger partial charge < -0.3 is 10.2 Å². The second kappa shape index (κ2) is 6.22. The van der Waals surface area contributed by atoms with Crippen molar-refractivity contribution in [3.8, 4) is 0 Å². The van der Waals surface area contributed by atoms with E-state index in [4.69, 9.17) is 0 Å². The standard InChI is InChI=1S/C14H23N3O2S/c1-11-4-5-12(9-15-2)8-14(11)20(18,19)16-13-6-7-17(3)10-13/h4-5,8,13,15-16H,6-7,9-10H2,1-3H3. The minimum atomic E-state index is -3.44. The fourth-order valence-electron chi connectivity index (χ4n) is 2.56. The number of nitrogens with one attached hydrogen (secondary N) is 2. The van der Waals surface area contributed by atoms with Crippen LogP contribution in [0.1, 0.15) is 17.5 Å². The lowest BCUT2D eigenvalue weighted by Crippen LogP contribution is -2.36. The average Bonchev–Trinajstić information content (AvgIpc) is 2.76. The van der Waals surface area contributed by atoms with Crippen LogP contribution >= 0.6 is 0 Å². The minimum Gasteiger partial charge on any atom is -0.316 e. The number of likely N-dealkylation sites (tertiary alicyclic amines) is 1. The van der Waals surface area contributed by atoms with Crippen LogP contribution in [0.2, 0.25) is 0 Å². The monoisotopic (exact) mass is 297 g/mol. The minimum absolute atomic E-state index is 0.0114. The summed E-state index contributed by atoms with van der Waals surface area (Å²) in [5, 5.41) is 3.04. The van der Waals surface area contributed by atoms with E-state index in [0.717, 1.165) is 30.6 Å². The van der Waals surface area contributed by atoms with Gasteiger partial charge in [-0.3, -0.25) is 0 Å². The van der Waals surface area contributed by atoms with Gasteiger partial charge in [0.2, 0.25) is 10.0 Å². The van der Waals surface area contributed by atoms with Crippen LogP contribution in [0, 0.1) is 6.92 Å². The number of nitrogens with zero attached hydrogens (tertiary/aromatic N) is 1. The topological polar surface area (TPSA) is 61.4 Å². The smallest absolute Gasteiger partial charge is 0.241 e. The fraction of sp³-hybridized carbons (Fsp3) is 0.571. The maximum Gasteiger partial charge on any atom is 0.241 e. The van der Waals surface area contributed by atoms with Crippen molar-refractivity contribution in [1.29, 1.82) is 0 Å². The molecule has 5 nitrogen and oxygen atoms in total. The number of rotatable bonds is 5. The molecule has 1 heterocycles. The zero-order valence-electron chi connectivity index (χ0n) is 12.3. The molecule has 2 N–H and O–H groups in total. The maximum absolute atomic E-state index is 12.5. The Balaban J connectivity index is 2.22. The highest BCUT2D eigenvalue weighted by Crippen LogP contribution is 2.19. The largest absolute Gasteiger partial charge is 0.316 e. The van der Waals surface area contributed by atoms with Gasteiger partial charge in [0.05, 0.1) is 4.90 Å². The van der Waals surface area contributed by atoms with Gasteiger partial charge in [-0.05, 0) is 51.2 Å². The highest BCUT2D eigenvalue weighted by atomic mass is 32.2. The van der Waals surface area contributed by atoms with Crippen molar-refractivity contribution in [2.24, 2.45) is 0 Å². The van der Waals surface area contributed by atoms with Crippen LogP contribution in [-0.2, 0) is 16.6 Å². The Hall–Kier alpha value is -0.950. The number of benzene rings is 1. The molecule has 6 heteroatoms. The molecule has 0 aliphatic carbocycles. The quantitative estimate of drug-likeness (QED) is 0.840. The Labute approximate surface area is 121 Å². The molecule has 1 aliphatic heterocycles. The van der Waals surface area contributed by atoms with Gasteiger partial charge in [0.1, 0.15) is 0 Å². The van der Waals surface area contributed by atoms with E-state index in [1.165, 1.54) is 0 Å². The summed E-state index contributed by atoms with van der Waals surface area (Å²) in [5.41, 5.74) is 1.76. The molecule has 1 saturated heterocycles. The third kappa shape index (κ3) is 3.58. The predicted molar refractivity (Wildman–Crippen MR) is 80.2 cm³/mol. The van der Waals surface area contributed by atoms with Gasteiger partial charge in [-0.15, -0.1) is 0 Å². The Morgan fingerprint density at radius 3 is 2.75 bits per heavy atom. The molecule has 0 aromatic heterocycles. The van der Waals surface area contributed by atoms with Crippen molar-refractivity contribution in [1.82, 2.24) is 14.9 Å². The molecule has 1 fully saturated rings. The first-order valence-electron chi connectivity index (χ1n) is 6.87. The third-order valence-electron chi connectivity index (χ3n) is 3.64. The first kappa shape index (κ1) is 15.4. The third-order valence-corrected chi connectivity index (χ3v) is 5.30. The van der Waals surface area contributed by atoms with E-state index in [0.29, 0.717) is 11.4 Å². The Bertz CT molecular complexity index is 572. The summed E-state index contributed by atoms with van der Waals surface area (Å²) in [6, 6.07) is 5.58. The number of sulfonamides is 1. The van der Waals surface area contributed by atoms with Gasteiger partial charge in [0.15, 0.2) is 0 Å². The van der Waals surface area contributed by atoms with Crippen molar-refractivity contribution in [2.75, 3.05) is 27.2 Å². The summed E-state index contributed by atoms with van der Waals surface area (Å²) in [7, 11) is 0.412. The molecule has 20 heavy (non-hydrogen) atoms. The van der Waals surface area contributed by atoms with Gasteiger partial charge >= 0.3 is 0 Å². The van der Waals surface area contributed by atoms with E-state index >= 15 is 0 Å². The van der Waals surface area contributed by atoms with Crippen LogP contribution in [-0.4, -0.2) is 46.5 Å². The summed E-state index contributed by atoms with van der Waals surface area (Å²) >= 11 is 0. The number of hydrogen-bond donors (Lipinski definition) is 2. The van der Waals surface area contributed by atoms with Crippen LogP contribution < -0.4 is 10.0 Å². The molecule has 1 unspecified atom stereocenters. The summed E-state index contributed by atoms with van der Waals surface area (Å²) < 4.78 is 27.9. The van der Waals surface area contributed by atoms with Crippen molar-refractivity contribution in [2.45, 2.75) is 30.8 Å². The van der Waals surface area contributed by atoms with Crippen molar-refractivity contribution >= 4 is 10.0 Å². The van der Waals surface area contributed by atoms with E-state index in [1.807, 2.05) is 33.2 Å². The highest BCUT2D eigenvalue weighted by molar-refractivity contribution is 7.89. The van der Waals surface area contributed by atoms with Crippen LogP contribution in [0.4, 0.5) is 0 Å². The molecule has 0 radical (unpaired) electrons. The molecule has 0 bridgehead atoms. The van der Waals surface area contributed by atoms with Gasteiger partial charge in [-0.1, -0.05) is 12.1 Å². The normalized spacial score (nSPS) is 20.4. The molecule has 0 saturated carbocycles. The van der Waals surface area contributed by atoms with Crippen LogP contribution in [0.5, 0.6) is 0 Å². The lowest BCUT2D eigenvalue weighted by molar-refractivity contribution is 0.407. The van der Waals surface area contributed by atoms with Gasteiger partial charge in [0, 0.05) is 19.1 Å². The Kier molecular flexibility index (Phi) is 4.80. The Morgan fingerprint density at radius 1 is 1.40 bits per heavy atom. The molecule has 0 spiro atoms. The first-order chi connectivity index (χ1) is 9.42. The molecule has 2 rings (SSSR count). The summed E-state index contributed by atoms with van der Waals surface area (Å²) in [6.07, 6.45) is 0.866. The van der Waals surface area contributed by atoms with Crippen molar-refractivity contribution in [3.63, 3.8) is 0 Å². The SMILES string of the molecule is CNCc1ccc(C)c(S(=O)(=O)NC2CCN(C)C2)c1. The van der Waals surface area contributed by atoms with Gasteiger partial charge in [-0.2, -0.15) is 0 Å². The lowest BCUT2D eigenvalue weighted by Gasteiger charge is -2.15. The molecular weight excluding hydrogens is 274 g/mol. The first-order valence-corrected chi connectivity index (χ1v) is 8.35. The summed E-state index contributed by atoms with van der Waals surface area (Å²) in [6.45, 7) is 4.20. The maximum atomic E-state index is 12.5. The van der Waals surface area contributed by atoms with Crippen LogP contribution in [0.3, 0.4) is 0 Å². The zero-order chi connectivity index (χ0) is 14.8. The second-order valence-electron chi connectivity index (χ2n) is 5.50. The number of aryl methyl sites for hydroxylation is 1. The molecular formula is C14H23N3O2S. The van der Waals surface area contributed by atoms with Crippen molar-refractivity contribution in [3.05, 3.63) is 29.3 Å². The summed E-state index contributed by atoms with van der Waals surface area (Å²) in [5.74, 6) is 0. The van der Waals surface area contributed by atoms with Gasteiger partial charge in [0.25, 0.3) is 0 Å². The van der Waals surface area contributed by atoms with E-state index in [9.17, 15) is 8.42 Å². The van der Waals surface area contributed by atoms with E-state index in [2.05, 4.69) is 14.9 Å². The molecule has 1 aromatic rings. The molecule has 112 valence electrons.